The molecule has 0 bridgehead atoms. The van der Waals surface area contributed by atoms with Gasteiger partial charge in [-0.1, -0.05) is 5.06 Å². The summed E-state index contributed by atoms with van der Waals surface area (Å²) in [6.07, 6.45) is -0.212. The van der Waals surface area contributed by atoms with E-state index in [1.54, 1.807) is 0 Å². The second-order valence-corrected chi connectivity index (χ2v) is 3.45. The van der Waals surface area contributed by atoms with Crippen molar-refractivity contribution >= 4 is 5.78 Å². The number of rotatable bonds is 4. The first kappa shape index (κ1) is 13.5. The predicted molar refractivity (Wildman–Crippen MR) is 51.4 cm³/mol. The van der Waals surface area contributed by atoms with Crippen LogP contribution in [0.15, 0.2) is 0 Å². The minimum Gasteiger partial charge on any atom is -0.339 e. The van der Waals surface area contributed by atoms with Gasteiger partial charge in [0, 0.05) is 28.4 Å². The largest absolute Gasteiger partial charge is 0.339 e. The van der Waals surface area contributed by atoms with E-state index >= 15 is 0 Å². The fourth-order valence-corrected chi connectivity index (χ4v) is 1.77. The molecule has 1 saturated heterocycles. The first-order chi connectivity index (χ1) is 7.50. The Labute approximate surface area is 93.8 Å². The van der Waals surface area contributed by atoms with E-state index in [1.807, 2.05) is 0 Å². The molecule has 0 atom stereocenters. The Morgan fingerprint density at radius 2 is 1.31 bits per heavy atom. The van der Waals surface area contributed by atoms with Crippen molar-refractivity contribution < 1.29 is 28.9 Å². The highest BCUT2D eigenvalue weighted by Crippen LogP contribution is 2.37. The smallest absolute Gasteiger partial charge is 0.263 e. The van der Waals surface area contributed by atoms with Gasteiger partial charge in [0.05, 0.1) is 12.8 Å². The van der Waals surface area contributed by atoms with Gasteiger partial charge in [0.1, 0.15) is 5.78 Å². The van der Waals surface area contributed by atoms with E-state index in [1.165, 1.54) is 28.4 Å². The number of hydrogen-bond acceptors (Lipinski definition) is 7. The Kier molecular flexibility index (Phi) is 4.00. The van der Waals surface area contributed by atoms with Crippen molar-refractivity contribution in [1.82, 2.24) is 5.06 Å². The van der Waals surface area contributed by atoms with Crippen molar-refractivity contribution in [2.24, 2.45) is 0 Å². The number of methoxy groups -OCH3 is 4. The van der Waals surface area contributed by atoms with E-state index in [0.29, 0.717) is 5.06 Å². The molecule has 16 heavy (non-hydrogen) atoms. The van der Waals surface area contributed by atoms with Gasteiger partial charge in [-0.15, -0.1) is 0 Å². The Morgan fingerprint density at radius 1 is 1.00 bits per heavy atom. The zero-order valence-corrected chi connectivity index (χ0v) is 9.85. The summed E-state index contributed by atoms with van der Waals surface area (Å²) in [5.74, 6) is -3.36. The second kappa shape index (κ2) is 4.74. The molecule has 7 heteroatoms. The van der Waals surface area contributed by atoms with Gasteiger partial charge in [0.15, 0.2) is 0 Å². The summed E-state index contributed by atoms with van der Waals surface area (Å²) in [6.45, 7) is 0. The van der Waals surface area contributed by atoms with Crippen molar-refractivity contribution in [3.05, 3.63) is 0 Å². The molecular weight excluding hydrogens is 218 g/mol. The van der Waals surface area contributed by atoms with Crippen molar-refractivity contribution in [2.45, 2.75) is 24.7 Å². The molecule has 0 unspecified atom stereocenters. The maximum atomic E-state index is 11.6. The maximum Gasteiger partial charge on any atom is 0.263 e. The summed E-state index contributed by atoms with van der Waals surface area (Å²) in [7, 11) is 5.28. The Balaban J connectivity index is 3.11. The number of Topliss-reactive ketones (excluding diaryl/α,β-unsaturated/α-hetero) is 1. The zero-order valence-electron chi connectivity index (χ0n) is 9.85. The number of ether oxygens (including phenoxy) is 4. The summed E-state index contributed by atoms with van der Waals surface area (Å²) in [6, 6.07) is 0. The van der Waals surface area contributed by atoms with E-state index < -0.39 is 11.8 Å². The van der Waals surface area contributed by atoms with Crippen LogP contribution >= 0.6 is 0 Å². The van der Waals surface area contributed by atoms with Crippen LogP contribution < -0.4 is 0 Å². The van der Waals surface area contributed by atoms with Gasteiger partial charge in [0.25, 0.3) is 11.8 Å². The maximum absolute atomic E-state index is 11.6. The molecule has 1 rings (SSSR count). The van der Waals surface area contributed by atoms with Crippen LogP contribution in [0.5, 0.6) is 0 Å². The molecule has 0 aromatic rings. The van der Waals surface area contributed by atoms with Gasteiger partial charge in [-0.25, -0.2) is 0 Å². The summed E-state index contributed by atoms with van der Waals surface area (Å²) < 4.78 is 20.2. The Morgan fingerprint density at radius 3 is 1.56 bits per heavy atom. The van der Waals surface area contributed by atoms with E-state index in [0.717, 1.165) is 0 Å². The van der Waals surface area contributed by atoms with Gasteiger partial charge in [-0.2, -0.15) is 0 Å². The van der Waals surface area contributed by atoms with Gasteiger partial charge in [-0.3, -0.25) is 4.79 Å². The van der Waals surface area contributed by atoms with Crippen LogP contribution in [0.2, 0.25) is 0 Å². The first-order valence-electron chi connectivity index (χ1n) is 4.72. The minimum absolute atomic E-state index is 0.106. The molecule has 94 valence electrons. The monoisotopic (exact) mass is 235 g/mol. The third kappa shape index (κ3) is 1.86. The number of carbonyl (C=O) groups is 1. The normalized spacial score (nSPS) is 24.7. The molecule has 0 spiro atoms. The standard InChI is InChI=1S/C9H17NO6/c1-13-8(14-2)5-7(11)6-9(15-3,16-4)10(8)12/h12H,5-6H2,1-4H3. The SMILES string of the molecule is COC1(OC)CC(=O)CC(OC)(OC)N1O. The Hall–Kier alpha value is -0.570. The van der Waals surface area contributed by atoms with Crippen LogP contribution in [-0.2, 0) is 23.7 Å². The van der Waals surface area contributed by atoms with Crippen molar-refractivity contribution in [3.63, 3.8) is 0 Å². The highest BCUT2D eigenvalue weighted by atomic mass is 16.8. The molecule has 7 nitrogen and oxygen atoms in total. The van der Waals surface area contributed by atoms with E-state index in [2.05, 4.69) is 0 Å². The quantitative estimate of drug-likeness (QED) is 0.683. The van der Waals surface area contributed by atoms with Gasteiger partial charge in [-0.05, 0) is 0 Å². The third-order valence-electron chi connectivity index (χ3n) is 2.76. The molecule has 0 radical (unpaired) electrons. The van der Waals surface area contributed by atoms with Crippen LogP contribution in [0.4, 0.5) is 0 Å². The summed E-state index contributed by atoms with van der Waals surface area (Å²) in [5.41, 5.74) is 0. The summed E-state index contributed by atoms with van der Waals surface area (Å²) in [5, 5.41) is 10.7. The average Bonchev–Trinajstić information content (AvgIpc) is 2.32. The van der Waals surface area contributed by atoms with Crippen molar-refractivity contribution in [3.8, 4) is 0 Å². The molecular formula is C9H17NO6. The second-order valence-electron chi connectivity index (χ2n) is 3.45. The molecule has 1 N–H and O–H groups in total. The van der Waals surface area contributed by atoms with Crippen LogP contribution in [0.3, 0.4) is 0 Å². The van der Waals surface area contributed by atoms with Crippen molar-refractivity contribution in [1.29, 1.82) is 0 Å². The summed E-state index contributed by atoms with van der Waals surface area (Å²) in [4.78, 5) is 11.6. The molecule has 0 aromatic carbocycles. The van der Waals surface area contributed by atoms with E-state index in [9.17, 15) is 10.0 Å². The fraction of sp³-hybridized carbons (Fsp3) is 0.889. The highest BCUT2D eigenvalue weighted by Gasteiger charge is 2.57. The first-order valence-corrected chi connectivity index (χ1v) is 4.72. The summed E-state index contributed by atoms with van der Waals surface area (Å²) >= 11 is 0. The lowest BCUT2D eigenvalue weighted by Crippen LogP contribution is -2.67. The number of ketones is 1. The number of hydroxylamine groups is 2. The lowest BCUT2D eigenvalue weighted by atomic mass is 10.0. The molecule has 1 fully saturated rings. The molecule has 1 aliphatic heterocycles. The number of nitrogens with zero attached hydrogens (tertiary/aromatic N) is 1. The minimum atomic E-state index is -1.58. The zero-order chi connectivity index (χ0) is 12.4. The van der Waals surface area contributed by atoms with Crippen LogP contribution in [0.25, 0.3) is 0 Å². The molecule has 1 heterocycles. The number of carbonyl (C=O) groups excluding carboxylic acids is 1. The molecule has 0 aromatic heterocycles. The van der Waals surface area contributed by atoms with Crippen LogP contribution in [-0.4, -0.2) is 56.3 Å². The van der Waals surface area contributed by atoms with Crippen LogP contribution in [0.1, 0.15) is 12.8 Å². The molecule has 0 aliphatic carbocycles. The van der Waals surface area contributed by atoms with Gasteiger partial charge >= 0.3 is 0 Å². The average molecular weight is 235 g/mol. The third-order valence-corrected chi connectivity index (χ3v) is 2.76. The van der Waals surface area contributed by atoms with E-state index in [4.69, 9.17) is 18.9 Å². The van der Waals surface area contributed by atoms with Gasteiger partial charge < -0.3 is 24.2 Å². The highest BCUT2D eigenvalue weighted by molar-refractivity contribution is 5.80. The van der Waals surface area contributed by atoms with Crippen molar-refractivity contribution in [2.75, 3.05) is 28.4 Å². The lowest BCUT2D eigenvalue weighted by molar-refractivity contribution is -0.495. The molecule has 0 amide bonds. The topological polar surface area (TPSA) is 77.5 Å². The lowest BCUT2D eigenvalue weighted by Gasteiger charge is -2.48. The predicted octanol–water partition coefficient (Wildman–Crippen LogP) is -0.0663. The molecule has 1 aliphatic rings. The molecule has 0 saturated carbocycles. The Bertz CT molecular complexity index is 237. The number of piperidine rings is 1. The van der Waals surface area contributed by atoms with E-state index in [-0.39, 0.29) is 18.6 Å². The fourth-order valence-electron chi connectivity index (χ4n) is 1.77. The van der Waals surface area contributed by atoms with Gasteiger partial charge in [0.2, 0.25) is 0 Å². The number of hydrogen-bond donors (Lipinski definition) is 1. The van der Waals surface area contributed by atoms with Crippen LogP contribution in [0, 0.1) is 0 Å².